The second-order valence-electron chi connectivity index (χ2n) is 1.35. The Morgan fingerprint density at radius 2 is 2.30 bits per heavy atom. The van der Waals surface area contributed by atoms with Gasteiger partial charge >= 0.3 is 0 Å². The number of hydrogen-bond acceptors (Lipinski definition) is 3. The van der Waals surface area contributed by atoms with Gasteiger partial charge in [-0.15, -0.1) is 5.48 Å². The Bertz CT molecular complexity index is 134. The van der Waals surface area contributed by atoms with Crippen LogP contribution in [-0.2, 0) is 9.63 Å². The maximum Gasteiger partial charge on any atom is 0.244 e. The number of carbonyl (C=O) groups excluding carboxylic acids is 1. The monoisotopic (exact) mass is 142 g/mol. The summed E-state index contributed by atoms with van der Waals surface area (Å²) in [6.07, 6.45) is 2.40. The number of carbonyl (C=O) groups is 1. The zero-order chi connectivity index (χ0) is 7.82. The average Bonchev–Trinajstić information content (AvgIpc) is 1.98. The fourth-order valence-corrected chi connectivity index (χ4v) is 0.296. The zero-order valence-corrected chi connectivity index (χ0v) is 5.59. The van der Waals surface area contributed by atoms with Crippen molar-refractivity contribution < 1.29 is 9.63 Å². The van der Waals surface area contributed by atoms with Crippen LogP contribution in [0.25, 0.3) is 0 Å². The molecule has 0 aromatic heterocycles. The molecule has 0 radical (unpaired) electrons. The Morgan fingerprint density at radius 1 is 1.60 bits per heavy atom. The molecular weight excluding hydrogens is 132 g/mol. The summed E-state index contributed by atoms with van der Waals surface area (Å²) in [5.41, 5.74) is 2.40. The van der Waals surface area contributed by atoms with Gasteiger partial charge in [-0.05, 0) is 6.08 Å². The molecule has 0 aliphatic heterocycles. The van der Waals surface area contributed by atoms with Gasteiger partial charge in [-0.2, -0.15) is 0 Å². The van der Waals surface area contributed by atoms with Crippen molar-refractivity contribution in [3.63, 3.8) is 0 Å². The van der Waals surface area contributed by atoms with E-state index in [9.17, 15) is 4.79 Å². The maximum atomic E-state index is 10.4. The lowest BCUT2D eigenvalue weighted by Gasteiger charge is -2.01. The van der Waals surface area contributed by atoms with Crippen LogP contribution in [0.4, 0.5) is 0 Å². The second-order valence-corrected chi connectivity index (χ2v) is 1.35. The van der Waals surface area contributed by atoms with Crippen molar-refractivity contribution in [1.29, 1.82) is 0 Å². The zero-order valence-electron chi connectivity index (χ0n) is 5.59. The number of rotatable bonds is 5. The Labute approximate surface area is 59.5 Å². The third-order valence-electron chi connectivity index (χ3n) is 0.687. The highest BCUT2D eigenvalue weighted by molar-refractivity contribution is 5.86. The molecule has 0 aliphatic rings. The summed E-state index contributed by atoms with van der Waals surface area (Å²) < 4.78 is 0. The van der Waals surface area contributed by atoms with Gasteiger partial charge in [-0.3, -0.25) is 4.79 Å². The number of nitrogens with one attached hydrogen (secondary N) is 2. The predicted molar refractivity (Wildman–Crippen MR) is 37.6 cm³/mol. The molecule has 0 bridgehead atoms. The topological polar surface area (TPSA) is 50.4 Å². The third kappa shape index (κ3) is 4.86. The largest absolute Gasteiger partial charge is 0.415 e. The summed E-state index contributed by atoms with van der Waals surface area (Å²) in [5.74, 6) is -0.250. The minimum atomic E-state index is -0.250. The highest BCUT2D eigenvalue weighted by Crippen LogP contribution is 1.64. The van der Waals surface area contributed by atoms with Crippen LogP contribution in [-0.4, -0.2) is 12.6 Å². The lowest BCUT2D eigenvalue weighted by atomic mass is 10.6. The van der Waals surface area contributed by atoms with Gasteiger partial charge in [0.2, 0.25) is 5.91 Å². The fraction of sp³-hybridized carbons (Fsp3) is 0.167. The van der Waals surface area contributed by atoms with Gasteiger partial charge in [-0.25, -0.2) is 0 Å². The Balaban J connectivity index is 3.11. The standard InChI is InChI=1S/C6H10N2O2/c1-3-6(9)7-5-8-10-4-2/h3-4,8H,1-2,5H2,(H,7,9). The normalized spacial score (nSPS) is 8.00. The van der Waals surface area contributed by atoms with E-state index in [2.05, 4.69) is 28.8 Å². The Hall–Kier alpha value is -1.29. The number of hydrogen-bond donors (Lipinski definition) is 2. The molecule has 2 N–H and O–H groups in total. The summed E-state index contributed by atoms with van der Waals surface area (Å²) >= 11 is 0. The van der Waals surface area contributed by atoms with E-state index in [1.165, 1.54) is 12.3 Å². The molecule has 0 heterocycles. The van der Waals surface area contributed by atoms with Crippen molar-refractivity contribution >= 4 is 5.91 Å². The third-order valence-corrected chi connectivity index (χ3v) is 0.687. The van der Waals surface area contributed by atoms with Gasteiger partial charge < -0.3 is 10.2 Å². The molecular formula is C6H10N2O2. The van der Waals surface area contributed by atoms with Crippen LogP contribution in [0.5, 0.6) is 0 Å². The first-order valence-corrected chi connectivity index (χ1v) is 2.71. The highest BCUT2D eigenvalue weighted by atomic mass is 16.6. The van der Waals surface area contributed by atoms with Crippen molar-refractivity contribution in [2.45, 2.75) is 0 Å². The molecule has 0 atom stereocenters. The molecule has 4 nitrogen and oxygen atoms in total. The highest BCUT2D eigenvalue weighted by Gasteiger charge is 1.88. The molecule has 4 heteroatoms. The molecule has 0 spiro atoms. The SMILES string of the molecule is C=CONCNC(=O)C=C. The fourth-order valence-electron chi connectivity index (χ4n) is 0.296. The smallest absolute Gasteiger partial charge is 0.244 e. The molecule has 10 heavy (non-hydrogen) atoms. The van der Waals surface area contributed by atoms with E-state index < -0.39 is 0 Å². The summed E-state index contributed by atoms with van der Waals surface area (Å²) in [5, 5.41) is 2.43. The van der Waals surface area contributed by atoms with Crippen LogP contribution in [0.1, 0.15) is 0 Å². The van der Waals surface area contributed by atoms with E-state index in [0.717, 1.165) is 0 Å². The first-order chi connectivity index (χ1) is 4.81. The van der Waals surface area contributed by atoms with Gasteiger partial charge in [0.1, 0.15) is 12.9 Å². The Morgan fingerprint density at radius 3 is 2.80 bits per heavy atom. The molecule has 0 aromatic rings. The molecule has 0 rings (SSSR count). The van der Waals surface area contributed by atoms with Gasteiger partial charge in [0.05, 0.1) is 0 Å². The quantitative estimate of drug-likeness (QED) is 0.185. The lowest BCUT2D eigenvalue weighted by Crippen LogP contribution is -2.31. The van der Waals surface area contributed by atoms with E-state index in [4.69, 9.17) is 0 Å². The first kappa shape index (κ1) is 8.71. The van der Waals surface area contributed by atoms with Crippen LogP contribution >= 0.6 is 0 Å². The van der Waals surface area contributed by atoms with Crippen molar-refractivity contribution in [1.82, 2.24) is 10.8 Å². The van der Waals surface area contributed by atoms with Crippen molar-refractivity contribution in [3.05, 3.63) is 25.5 Å². The van der Waals surface area contributed by atoms with Gasteiger partial charge in [0, 0.05) is 0 Å². The second kappa shape index (κ2) is 5.84. The van der Waals surface area contributed by atoms with E-state index in [-0.39, 0.29) is 12.6 Å². The maximum absolute atomic E-state index is 10.4. The van der Waals surface area contributed by atoms with Gasteiger partial charge in [-0.1, -0.05) is 13.2 Å². The van der Waals surface area contributed by atoms with Crippen LogP contribution < -0.4 is 10.8 Å². The Kier molecular flexibility index (Phi) is 5.09. The van der Waals surface area contributed by atoms with Gasteiger partial charge in [0.15, 0.2) is 0 Å². The first-order valence-electron chi connectivity index (χ1n) is 2.71. The molecule has 0 saturated carbocycles. The van der Waals surface area contributed by atoms with Crippen LogP contribution in [0.15, 0.2) is 25.5 Å². The van der Waals surface area contributed by atoms with Gasteiger partial charge in [0.25, 0.3) is 0 Å². The van der Waals surface area contributed by atoms with E-state index >= 15 is 0 Å². The van der Waals surface area contributed by atoms with Crippen molar-refractivity contribution in [2.24, 2.45) is 0 Å². The summed E-state index contributed by atoms with van der Waals surface area (Å²) in [6, 6.07) is 0. The minimum absolute atomic E-state index is 0.233. The number of amides is 1. The van der Waals surface area contributed by atoms with Crippen LogP contribution in [0.3, 0.4) is 0 Å². The van der Waals surface area contributed by atoms with E-state index in [1.807, 2.05) is 0 Å². The summed E-state index contributed by atoms with van der Waals surface area (Å²) in [7, 11) is 0. The molecule has 0 saturated heterocycles. The summed E-state index contributed by atoms with van der Waals surface area (Å²) in [6.45, 7) is 6.77. The van der Waals surface area contributed by atoms with Crippen molar-refractivity contribution in [2.75, 3.05) is 6.67 Å². The minimum Gasteiger partial charge on any atom is -0.415 e. The molecule has 56 valence electrons. The van der Waals surface area contributed by atoms with E-state index in [0.29, 0.717) is 0 Å². The summed E-state index contributed by atoms with van der Waals surface area (Å²) in [4.78, 5) is 14.9. The van der Waals surface area contributed by atoms with Crippen molar-refractivity contribution in [3.8, 4) is 0 Å². The number of hydroxylamine groups is 1. The lowest BCUT2D eigenvalue weighted by molar-refractivity contribution is -0.117. The van der Waals surface area contributed by atoms with Crippen LogP contribution in [0, 0.1) is 0 Å². The molecule has 0 unspecified atom stereocenters. The molecule has 0 aromatic carbocycles. The average molecular weight is 142 g/mol. The predicted octanol–water partition coefficient (Wildman–Crippen LogP) is -0.0892. The molecule has 1 amide bonds. The molecule has 0 aliphatic carbocycles. The van der Waals surface area contributed by atoms with E-state index in [1.54, 1.807) is 0 Å². The molecule has 0 fully saturated rings. The van der Waals surface area contributed by atoms with Crippen LogP contribution in [0.2, 0.25) is 0 Å².